The summed E-state index contributed by atoms with van der Waals surface area (Å²) in [5, 5.41) is 3.01. The van der Waals surface area contributed by atoms with Crippen LogP contribution in [0.4, 0.5) is 5.69 Å². The number of anilines is 1. The maximum atomic E-state index is 12.1. The van der Waals surface area contributed by atoms with E-state index in [-0.39, 0.29) is 11.8 Å². The van der Waals surface area contributed by atoms with Crippen LogP contribution in [-0.2, 0) is 11.3 Å². The summed E-state index contributed by atoms with van der Waals surface area (Å²) in [6.45, 7) is 10.1. The van der Waals surface area contributed by atoms with Gasteiger partial charge in [0.25, 0.3) is 0 Å². The predicted octanol–water partition coefficient (Wildman–Crippen LogP) is 2.89. The van der Waals surface area contributed by atoms with Crippen molar-refractivity contribution in [1.29, 1.82) is 0 Å². The fourth-order valence-electron chi connectivity index (χ4n) is 3.27. The quantitative estimate of drug-likeness (QED) is 0.825. The van der Waals surface area contributed by atoms with Crippen molar-refractivity contribution in [2.24, 2.45) is 0 Å². The van der Waals surface area contributed by atoms with E-state index in [0.29, 0.717) is 6.04 Å². The zero-order chi connectivity index (χ0) is 13.6. The number of hydrogen-bond donors (Lipinski definition) is 1. The summed E-state index contributed by atoms with van der Waals surface area (Å²) in [5.74, 6) is 0.183. The highest BCUT2D eigenvalue weighted by atomic mass is 16.2. The molecule has 3 nitrogen and oxygen atoms in total. The Balaban J connectivity index is 2.01. The van der Waals surface area contributed by atoms with Crippen LogP contribution in [0.1, 0.15) is 37.3 Å². The van der Waals surface area contributed by atoms with Crippen LogP contribution < -0.4 is 5.32 Å². The van der Waals surface area contributed by atoms with E-state index in [4.69, 9.17) is 0 Å². The predicted molar refractivity (Wildman–Crippen MR) is 77.1 cm³/mol. The molecule has 1 N–H and O–H groups in total. The van der Waals surface area contributed by atoms with Crippen LogP contribution >= 0.6 is 0 Å². The van der Waals surface area contributed by atoms with Crippen LogP contribution in [-0.4, -0.2) is 23.4 Å². The van der Waals surface area contributed by atoms with Crippen LogP contribution in [0.15, 0.2) is 30.4 Å². The van der Waals surface area contributed by atoms with Crippen LogP contribution in [0.3, 0.4) is 0 Å². The maximum absolute atomic E-state index is 12.1. The van der Waals surface area contributed by atoms with E-state index < -0.39 is 0 Å². The lowest BCUT2D eigenvalue weighted by Gasteiger charge is -2.28. The Morgan fingerprint density at radius 2 is 2.32 bits per heavy atom. The van der Waals surface area contributed by atoms with Gasteiger partial charge in [-0.25, -0.2) is 0 Å². The van der Waals surface area contributed by atoms with E-state index in [9.17, 15) is 4.79 Å². The summed E-state index contributed by atoms with van der Waals surface area (Å²) in [6, 6.07) is 6.59. The molecule has 0 saturated heterocycles. The zero-order valence-electron chi connectivity index (χ0n) is 11.6. The lowest BCUT2D eigenvalue weighted by atomic mass is 9.92. The van der Waals surface area contributed by atoms with E-state index in [0.717, 1.165) is 25.2 Å². The van der Waals surface area contributed by atoms with Gasteiger partial charge in [0, 0.05) is 24.8 Å². The molecule has 3 heteroatoms. The minimum atomic E-state index is 0.0244. The second-order valence-electron chi connectivity index (χ2n) is 5.87. The normalized spacial score (nSPS) is 25.7. The van der Waals surface area contributed by atoms with Gasteiger partial charge in [0.05, 0.1) is 5.92 Å². The first-order valence-electron chi connectivity index (χ1n) is 6.87. The molecule has 1 amide bonds. The minimum absolute atomic E-state index is 0.0244. The molecule has 1 aromatic rings. The van der Waals surface area contributed by atoms with Crippen molar-refractivity contribution < 1.29 is 4.79 Å². The Hall–Kier alpha value is -1.61. The third-order valence-electron chi connectivity index (χ3n) is 4.17. The molecule has 2 aliphatic rings. The number of carbonyl (C=O) groups excluding carboxylic acids is 1. The molecule has 2 aliphatic heterocycles. The van der Waals surface area contributed by atoms with E-state index in [1.807, 2.05) is 12.1 Å². The molecule has 0 bridgehead atoms. The van der Waals surface area contributed by atoms with Crippen LogP contribution in [0.25, 0.3) is 0 Å². The zero-order valence-corrected chi connectivity index (χ0v) is 11.6. The highest BCUT2D eigenvalue weighted by molar-refractivity contribution is 6.03. The molecule has 0 fully saturated rings. The summed E-state index contributed by atoms with van der Waals surface area (Å²) in [7, 11) is 0. The van der Waals surface area contributed by atoms with E-state index in [1.165, 1.54) is 16.7 Å². The first-order valence-corrected chi connectivity index (χ1v) is 6.87. The Kier molecular flexibility index (Phi) is 2.94. The SMILES string of the molecule is C=C(C)CN1Cc2cccc3c2C(CC1C)C(=O)N3. The van der Waals surface area contributed by atoms with E-state index in [2.05, 4.69) is 36.7 Å². The standard InChI is InChI=1S/C16H20N2O/c1-10(2)8-18-9-12-5-4-6-14-15(12)13(7-11(18)3)16(19)17-14/h4-6,11,13H,1,7-9H2,2-3H3,(H,17,19). The van der Waals surface area contributed by atoms with Crippen molar-refractivity contribution in [3.8, 4) is 0 Å². The number of amides is 1. The molecule has 2 heterocycles. The molecule has 0 saturated carbocycles. The highest BCUT2D eigenvalue weighted by Crippen LogP contribution is 2.41. The Morgan fingerprint density at radius 3 is 3.05 bits per heavy atom. The molecule has 3 rings (SSSR count). The van der Waals surface area contributed by atoms with Gasteiger partial charge in [-0.05, 0) is 37.5 Å². The number of nitrogens with zero attached hydrogens (tertiary/aromatic N) is 1. The van der Waals surface area contributed by atoms with E-state index >= 15 is 0 Å². The average Bonchev–Trinajstić information content (AvgIpc) is 2.57. The molecule has 2 unspecified atom stereocenters. The number of nitrogens with one attached hydrogen (secondary N) is 1. The number of rotatable bonds is 2. The monoisotopic (exact) mass is 256 g/mol. The van der Waals surface area contributed by atoms with Crippen LogP contribution in [0.2, 0.25) is 0 Å². The molecule has 100 valence electrons. The lowest BCUT2D eigenvalue weighted by Crippen LogP contribution is -2.34. The molecule has 0 aromatic heterocycles. The highest BCUT2D eigenvalue weighted by Gasteiger charge is 2.37. The summed E-state index contributed by atoms with van der Waals surface area (Å²) >= 11 is 0. The summed E-state index contributed by atoms with van der Waals surface area (Å²) in [4.78, 5) is 14.5. The summed E-state index contributed by atoms with van der Waals surface area (Å²) in [5.41, 5.74) is 4.69. The second-order valence-corrected chi connectivity index (χ2v) is 5.87. The van der Waals surface area contributed by atoms with Crippen molar-refractivity contribution in [2.75, 3.05) is 11.9 Å². The molecule has 0 radical (unpaired) electrons. The Bertz CT molecular complexity index is 550. The van der Waals surface area contributed by atoms with Crippen molar-refractivity contribution >= 4 is 11.6 Å². The van der Waals surface area contributed by atoms with Crippen LogP contribution in [0.5, 0.6) is 0 Å². The van der Waals surface area contributed by atoms with Gasteiger partial charge >= 0.3 is 0 Å². The molecule has 0 spiro atoms. The average molecular weight is 256 g/mol. The smallest absolute Gasteiger partial charge is 0.232 e. The fourth-order valence-corrected chi connectivity index (χ4v) is 3.27. The summed E-state index contributed by atoms with van der Waals surface area (Å²) in [6.07, 6.45) is 0.892. The van der Waals surface area contributed by atoms with Gasteiger partial charge in [-0.1, -0.05) is 24.3 Å². The lowest BCUT2D eigenvalue weighted by molar-refractivity contribution is -0.117. The fraction of sp³-hybridized carbons (Fsp3) is 0.438. The largest absolute Gasteiger partial charge is 0.325 e. The van der Waals surface area contributed by atoms with Crippen molar-refractivity contribution in [3.63, 3.8) is 0 Å². The first-order chi connectivity index (χ1) is 9.06. The van der Waals surface area contributed by atoms with Crippen LogP contribution in [0, 0.1) is 0 Å². The van der Waals surface area contributed by atoms with Gasteiger partial charge in [-0.15, -0.1) is 0 Å². The molecular weight excluding hydrogens is 236 g/mol. The summed E-state index contributed by atoms with van der Waals surface area (Å²) < 4.78 is 0. The van der Waals surface area contributed by atoms with Crippen molar-refractivity contribution in [2.45, 2.75) is 38.8 Å². The Labute approximate surface area is 114 Å². The Morgan fingerprint density at radius 1 is 1.53 bits per heavy atom. The van der Waals surface area contributed by atoms with Crippen molar-refractivity contribution in [1.82, 2.24) is 4.90 Å². The molecule has 1 aromatic carbocycles. The number of hydrogen-bond acceptors (Lipinski definition) is 2. The topological polar surface area (TPSA) is 32.3 Å². The van der Waals surface area contributed by atoms with Gasteiger partial charge in [0.15, 0.2) is 0 Å². The van der Waals surface area contributed by atoms with Crippen molar-refractivity contribution in [3.05, 3.63) is 41.5 Å². The molecule has 2 atom stereocenters. The minimum Gasteiger partial charge on any atom is -0.325 e. The van der Waals surface area contributed by atoms with Gasteiger partial charge < -0.3 is 5.32 Å². The van der Waals surface area contributed by atoms with Gasteiger partial charge in [0.1, 0.15) is 0 Å². The van der Waals surface area contributed by atoms with Gasteiger partial charge in [-0.2, -0.15) is 0 Å². The third-order valence-corrected chi connectivity index (χ3v) is 4.17. The maximum Gasteiger partial charge on any atom is 0.232 e. The number of benzene rings is 1. The molecular formula is C16H20N2O. The first kappa shape index (κ1) is 12.4. The number of carbonyl (C=O) groups is 1. The van der Waals surface area contributed by atoms with Gasteiger partial charge in [-0.3, -0.25) is 9.69 Å². The second kappa shape index (κ2) is 4.49. The third kappa shape index (κ3) is 2.08. The molecule has 19 heavy (non-hydrogen) atoms. The molecule has 0 aliphatic carbocycles. The van der Waals surface area contributed by atoms with Gasteiger partial charge in [0.2, 0.25) is 5.91 Å². The van der Waals surface area contributed by atoms with E-state index in [1.54, 1.807) is 0 Å².